The lowest BCUT2D eigenvalue weighted by atomic mass is 10.1. The number of guanidine groups is 1. The smallest absolute Gasteiger partial charge is 0.314 e. The molecule has 3 rings (SSSR count). The van der Waals surface area contributed by atoms with Gasteiger partial charge in [0.25, 0.3) is 0 Å². The molecule has 8 heteroatoms. The zero-order valence-corrected chi connectivity index (χ0v) is 19.0. The first kappa shape index (κ1) is 22.9. The Hall–Kier alpha value is -2.36. The normalized spacial score (nSPS) is 14.8. The average Bonchev–Trinajstić information content (AvgIpc) is 2.73. The minimum absolute atomic E-state index is 0. The Morgan fingerprint density at radius 1 is 1.24 bits per heavy atom. The van der Waals surface area contributed by atoms with Crippen LogP contribution < -0.4 is 16.4 Å². The van der Waals surface area contributed by atoms with Crippen molar-refractivity contribution in [1.82, 2.24) is 20.5 Å². The Morgan fingerprint density at radius 3 is 2.69 bits per heavy atom. The first-order valence-electron chi connectivity index (χ1n) is 9.75. The number of aromatic nitrogens is 1. The Labute approximate surface area is 189 Å². The van der Waals surface area contributed by atoms with E-state index in [1.54, 1.807) is 11.1 Å². The number of carbonyl (C=O) groups is 1. The Kier molecular flexibility index (Phi) is 9.17. The molecule has 1 saturated heterocycles. The second-order valence-electron chi connectivity index (χ2n) is 6.85. The molecule has 0 aliphatic carbocycles. The van der Waals surface area contributed by atoms with Gasteiger partial charge in [-0.15, -0.1) is 24.0 Å². The number of amides is 2. The topological polar surface area (TPSA) is 95.6 Å². The fourth-order valence-electron chi connectivity index (χ4n) is 3.29. The van der Waals surface area contributed by atoms with Crippen molar-refractivity contribution >= 4 is 36.0 Å². The van der Waals surface area contributed by atoms with Crippen molar-refractivity contribution in [2.24, 2.45) is 10.7 Å². The number of aliphatic imine (C=N–C) groups is 1. The monoisotopic (exact) mass is 508 g/mol. The summed E-state index contributed by atoms with van der Waals surface area (Å²) in [6.45, 7) is 4.78. The van der Waals surface area contributed by atoms with Crippen molar-refractivity contribution in [2.45, 2.75) is 32.4 Å². The van der Waals surface area contributed by atoms with E-state index in [9.17, 15) is 4.79 Å². The van der Waals surface area contributed by atoms with Gasteiger partial charge in [-0.05, 0) is 43.5 Å². The van der Waals surface area contributed by atoms with E-state index >= 15 is 0 Å². The second-order valence-corrected chi connectivity index (χ2v) is 6.85. The van der Waals surface area contributed by atoms with Gasteiger partial charge in [-0.25, -0.2) is 9.79 Å². The summed E-state index contributed by atoms with van der Waals surface area (Å²) in [5, 5.41) is 6.78. The largest absolute Gasteiger partial charge is 0.357 e. The third-order valence-electron chi connectivity index (χ3n) is 4.80. The number of rotatable bonds is 5. The molecule has 1 aromatic heterocycles. The van der Waals surface area contributed by atoms with Crippen LogP contribution in [-0.2, 0) is 6.54 Å². The summed E-state index contributed by atoms with van der Waals surface area (Å²) in [5.41, 5.74) is 8.53. The Balaban J connectivity index is 0.00000300. The van der Waals surface area contributed by atoms with Gasteiger partial charge in [0.2, 0.25) is 0 Å². The van der Waals surface area contributed by atoms with Crippen LogP contribution in [0.15, 0.2) is 53.7 Å². The number of nitrogens with two attached hydrogens (primary N) is 1. The summed E-state index contributed by atoms with van der Waals surface area (Å²) in [5.74, 6) is 0.795. The lowest BCUT2D eigenvalue weighted by molar-refractivity contribution is 0.188. The Morgan fingerprint density at radius 2 is 2.03 bits per heavy atom. The molecular formula is C21H29IN6O. The van der Waals surface area contributed by atoms with E-state index in [-0.39, 0.29) is 36.0 Å². The van der Waals surface area contributed by atoms with Crippen LogP contribution in [0.25, 0.3) is 11.3 Å². The highest BCUT2D eigenvalue weighted by atomic mass is 127. The van der Waals surface area contributed by atoms with Crippen molar-refractivity contribution in [3.05, 3.63) is 54.2 Å². The number of hydrogen-bond acceptors (Lipinski definition) is 3. The number of piperidine rings is 1. The van der Waals surface area contributed by atoms with Gasteiger partial charge in [0.15, 0.2) is 5.96 Å². The molecule has 7 nitrogen and oxygen atoms in total. The van der Waals surface area contributed by atoms with E-state index in [4.69, 9.17) is 10.7 Å². The summed E-state index contributed by atoms with van der Waals surface area (Å²) in [6.07, 6.45) is 3.53. The summed E-state index contributed by atoms with van der Waals surface area (Å²) in [6, 6.07) is 14.2. The van der Waals surface area contributed by atoms with Crippen LogP contribution >= 0.6 is 24.0 Å². The van der Waals surface area contributed by atoms with Crippen LogP contribution in [-0.4, -0.2) is 47.6 Å². The molecule has 156 valence electrons. The van der Waals surface area contributed by atoms with E-state index < -0.39 is 0 Å². The van der Waals surface area contributed by atoms with Crippen LogP contribution in [0.3, 0.4) is 0 Å². The molecule has 2 amide bonds. The highest BCUT2D eigenvalue weighted by Gasteiger charge is 2.21. The van der Waals surface area contributed by atoms with E-state index in [0.717, 1.165) is 42.2 Å². The van der Waals surface area contributed by atoms with Gasteiger partial charge in [-0.1, -0.05) is 24.3 Å². The van der Waals surface area contributed by atoms with E-state index in [0.29, 0.717) is 19.6 Å². The third-order valence-corrected chi connectivity index (χ3v) is 4.80. The number of primary amides is 1. The van der Waals surface area contributed by atoms with Crippen molar-refractivity contribution < 1.29 is 4.79 Å². The maximum absolute atomic E-state index is 11.3. The lowest BCUT2D eigenvalue weighted by Crippen LogP contribution is -2.50. The fourth-order valence-corrected chi connectivity index (χ4v) is 3.29. The Bertz CT molecular complexity index is 806. The highest BCUT2D eigenvalue weighted by Crippen LogP contribution is 2.18. The van der Waals surface area contributed by atoms with Gasteiger partial charge in [0.1, 0.15) is 0 Å². The first-order valence-corrected chi connectivity index (χ1v) is 9.75. The number of nitrogens with zero attached hydrogens (tertiary/aromatic N) is 3. The molecule has 0 radical (unpaired) electrons. The summed E-state index contributed by atoms with van der Waals surface area (Å²) in [7, 11) is 0. The van der Waals surface area contributed by atoms with Crippen LogP contribution in [0.5, 0.6) is 0 Å². The van der Waals surface area contributed by atoms with Gasteiger partial charge in [0, 0.05) is 37.4 Å². The summed E-state index contributed by atoms with van der Waals surface area (Å²) >= 11 is 0. The molecule has 2 aromatic rings. The maximum Gasteiger partial charge on any atom is 0.314 e. The van der Waals surface area contributed by atoms with Gasteiger partial charge >= 0.3 is 6.03 Å². The average molecular weight is 508 g/mol. The molecule has 0 saturated carbocycles. The molecular weight excluding hydrogens is 479 g/mol. The number of nitrogens with one attached hydrogen (secondary N) is 2. The maximum atomic E-state index is 11.3. The number of halogens is 1. The van der Waals surface area contributed by atoms with Gasteiger partial charge in [-0.2, -0.15) is 0 Å². The SMILES string of the molecule is CCNC(=NCc1cccc(-c2ccccn2)c1)NC1CCN(C(N)=O)CC1.I. The predicted molar refractivity (Wildman–Crippen MR) is 127 cm³/mol. The van der Waals surface area contributed by atoms with Crippen LogP contribution in [0, 0.1) is 0 Å². The number of pyridine rings is 1. The third kappa shape index (κ3) is 6.88. The number of hydrogen-bond donors (Lipinski definition) is 3. The molecule has 4 N–H and O–H groups in total. The van der Waals surface area contributed by atoms with Gasteiger partial charge < -0.3 is 21.3 Å². The zero-order chi connectivity index (χ0) is 19.8. The molecule has 1 fully saturated rings. The van der Waals surface area contributed by atoms with E-state index in [1.165, 1.54) is 0 Å². The number of carbonyl (C=O) groups excluding carboxylic acids is 1. The van der Waals surface area contributed by atoms with Gasteiger partial charge in [-0.3, -0.25) is 4.98 Å². The van der Waals surface area contributed by atoms with Gasteiger partial charge in [0.05, 0.1) is 12.2 Å². The second kappa shape index (κ2) is 11.6. The van der Waals surface area contributed by atoms with Crippen molar-refractivity contribution in [3.63, 3.8) is 0 Å². The van der Waals surface area contributed by atoms with Crippen molar-refractivity contribution in [2.75, 3.05) is 19.6 Å². The van der Waals surface area contributed by atoms with E-state index in [1.807, 2.05) is 24.3 Å². The molecule has 0 bridgehead atoms. The first-order chi connectivity index (χ1) is 13.7. The number of urea groups is 1. The quantitative estimate of drug-likeness (QED) is 0.329. The zero-order valence-electron chi connectivity index (χ0n) is 16.7. The van der Waals surface area contributed by atoms with Crippen LogP contribution in [0.2, 0.25) is 0 Å². The highest BCUT2D eigenvalue weighted by molar-refractivity contribution is 14.0. The molecule has 0 spiro atoms. The molecule has 2 heterocycles. The van der Waals surface area contributed by atoms with Crippen molar-refractivity contribution in [3.8, 4) is 11.3 Å². The van der Waals surface area contributed by atoms with Crippen LogP contribution in [0.4, 0.5) is 4.79 Å². The molecule has 29 heavy (non-hydrogen) atoms. The minimum Gasteiger partial charge on any atom is -0.357 e. The van der Waals surface area contributed by atoms with E-state index in [2.05, 4.69) is 40.7 Å². The summed E-state index contributed by atoms with van der Waals surface area (Å²) < 4.78 is 0. The number of benzene rings is 1. The number of likely N-dealkylation sites (tertiary alicyclic amines) is 1. The predicted octanol–water partition coefficient (Wildman–Crippen LogP) is 2.96. The lowest BCUT2D eigenvalue weighted by Gasteiger charge is -2.32. The molecule has 1 aliphatic heterocycles. The standard InChI is InChI=1S/C21H28N6O.HI/c1-2-23-21(26-18-9-12-27(13-10-18)20(22)28)25-15-16-6-5-7-17(14-16)19-8-3-4-11-24-19;/h3-8,11,14,18H,2,9-10,12-13,15H2,1H3,(H2,22,28)(H2,23,25,26);1H. The molecule has 0 unspecified atom stereocenters. The summed E-state index contributed by atoms with van der Waals surface area (Å²) in [4.78, 5) is 22.1. The molecule has 1 aromatic carbocycles. The molecule has 1 aliphatic rings. The fraction of sp³-hybridized carbons (Fsp3) is 0.381. The minimum atomic E-state index is -0.341. The molecule has 0 atom stereocenters. The van der Waals surface area contributed by atoms with Crippen LogP contribution in [0.1, 0.15) is 25.3 Å². The van der Waals surface area contributed by atoms with Crippen molar-refractivity contribution in [1.29, 1.82) is 0 Å².